The quantitative estimate of drug-likeness (QED) is 0.126. The zero-order valence-electron chi connectivity index (χ0n) is 31.6. The van der Waals surface area contributed by atoms with Gasteiger partial charge in [0.15, 0.2) is 0 Å². The average molecular weight is 736 g/mol. The van der Waals surface area contributed by atoms with Crippen molar-refractivity contribution in [2.45, 2.75) is 34.1 Å². The van der Waals surface area contributed by atoms with E-state index in [9.17, 15) is 20.4 Å². The minimum Gasteiger partial charge on any atom is -0.508 e. The fourth-order valence-corrected chi connectivity index (χ4v) is 8.62. The molecular formula is C49H41N3O4. The molecule has 0 spiro atoms. The van der Waals surface area contributed by atoms with Crippen molar-refractivity contribution in [3.63, 3.8) is 0 Å². The van der Waals surface area contributed by atoms with E-state index in [1.54, 1.807) is 48.5 Å². The molecule has 1 aliphatic carbocycles. The summed E-state index contributed by atoms with van der Waals surface area (Å²) in [5.74, 6) is 0.610. The number of aliphatic imine (C=N–C) groups is 2. The van der Waals surface area contributed by atoms with Crippen molar-refractivity contribution in [2.75, 3.05) is 0 Å². The summed E-state index contributed by atoms with van der Waals surface area (Å²) in [5, 5.41) is 43.0. The Morgan fingerprint density at radius 3 is 1.12 bits per heavy atom. The van der Waals surface area contributed by atoms with Gasteiger partial charge in [0.1, 0.15) is 23.0 Å². The highest BCUT2D eigenvalue weighted by Crippen LogP contribution is 2.62. The lowest BCUT2D eigenvalue weighted by molar-refractivity contribution is 0.234. The first kappa shape index (κ1) is 34.9. The van der Waals surface area contributed by atoms with Crippen molar-refractivity contribution in [3.05, 3.63) is 190 Å². The summed E-state index contributed by atoms with van der Waals surface area (Å²) in [6, 6.07) is 33.1. The monoisotopic (exact) mass is 735 g/mol. The molecule has 56 heavy (non-hydrogen) atoms. The molecule has 5 N–H and O–H groups in total. The molecule has 0 amide bonds. The van der Waals surface area contributed by atoms with Crippen molar-refractivity contribution in [1.82, 2.24) is 4.98 Å². The third-order valence-electron chi connectivity index (χ3n) is 12.1. The topological polar surface area (TPSA) is 121 Å². The van der Waals surface area contributed by atoms with Crippen LogP contribution in [0.25, 0.3) is 22.3 Å². The number of aromatic hydroxyl groups is 4. The average Bonchev–Trinajstić information content (AvgIpc) is 3.96. The van der Waals surface area contributed by atoms with Gasteiger partial charge < -0.3 is 25.4 Å². The lowest BCUT2D eigenvalue weighted by atomic mass is 9.65. The number of phenols is 4. The van der Waals surface area contributed by atoms with Gasteiger partial charge in [-0.25, -0.2) is 9.98 Å². The molecule has 0 radical (unpaired) electrons. The van der Waals surface area contributed by atoms with Crippen LogP contribution in [0.2, 0.25) is 0 Å². The van der Waals surface area contributed by atoms with Crippen LogP contribution < -0.4 is 0 Å². The fourth-order valence-electron chi connectivity index (χ4n) is 8.62. The van der Waals surface area contributed by atoms with Crippen LogP contribution in [0.15, 0.2) is 166 Å². The van der Waals surface area contributed by atoms with Crippen LogP contribution in [0.4, 0.5) is 0 Å². The predicted molar refractivity (Wildman–Crippen MR) is 224 cm³/mol. The van der Waals surface area contributed by atoms with Crippen molar-refractivity contribution >= 4 is 33.7 Å². The molecule has 0 atom stereocenters. The third-order valence-corrected chi connectivity index (χ3v) is 12.1. The van der Waals surface area contributed by atoms with Gasteiger partial charge in [-0.1, -0.05) is 76.2 Å². The van der Waals surface area contributed by atoms with Crippen LogP contribution in [-0.2, 0) is 0 Å². The second kappa shape index (κ2) is 12.9. The van der Waals surface area contributed by atoms with E-state index in [4.69, 9.17) is 9.98 Å². The number of hydrogen-bond donors (Lipinski definition) is 5. The first-order valence-corrected chi connectivity index (χ1v) is 18.8. The number of aromatic nitrogens is 1. The van der Waals surface area contributed by atoms with Crippen LogP contribution in [0.5, 0.6) is 23.0 Å². The van der Waals surface area contributed by atoms with Gasteiger partial charge in [0.25, 0.3) is 0 Å². The first-order valence-electron chi connectivity index (χ1n) is 18.8. The van der Waals surface area contributed by atoms with Gasteiger partial charge in [-0.15, -0.1) is 0 Å². The Labute approximate surface area is 325 Å². The second-order valence-electron chi connectivity index (χ2n) is 15.8. The largest absolute Gasteiger partial charge is 0.508 e. The van der Waals surface area contributed by atoms with Gasteiger partial charge in [0.2, 0.25) is 0 Å². The maximum Gasteiger partial charge on any atom is 0.116 e. The van der Waals surface area contributed by atoms with E-state index in [2.05, 4.69) is 32.7 Å². The normalized spacial score (nSPS) is 22.1. The van der Waals surface area contributed by atoms with E-state index in [-0.39, 0.29) is 23.0 Å². The number of rotatable bonds is 4. The minimum atomic E-state index is -0.418. The fraction of sp³-hybridized carbons (Fsp3) is 0.143. The molecule has 0 unspecified atom stereocenters. The van der Waals surface area contributed by atoms with E-state index in [0.29, 0.717) is 17.8 Å². The molecular weight excluding hydrogens is 695 g/mol. The summed E-state index contributed by atoms with van der Waals surface area (Å²) in [6.07, 6.45) is 8.71. The number of nitrogens with one attached hydrogen (secondary N) is 1. The molecule has 4 heterocycles. The van der Waals surface area contributed by atoms with Gasteiger partial charge in [-0.3, -0.25) is 0 Å². The van der Waals surface area contributed by atoms with Crippen molar-refractivity contribution in [2.24, 2.45) is 20.8 Å². The molecule has 7 heteroatoms. The zero-order chi connectivity index (χ0) is 38.9. The smallest absolute Gasteiger partial charge is 0.116 e. The van der Waals surface area contributed by atoms with E-state index in [1.807, 2.05) is 85.0 Å². The molecule has 4 aliphatic rings. The summed E-state index contributed by atoms with van der Waals surface area (Å²) < 4.78 is 0. The second-order valence-corrected chi connectivity index (χ2v) is 15.8. The van der Waals surface area contributed by atoms with Gasteiger partial charge in [-0.05, 0) is 136 Å². The summed E-state index contributed by atoms with van der Waals surface area (Å²) in [5.41, 5.74) is 12.8. The van der Waals surface area contributed by atoms with Gasteiger partial charge in [-0.2, -0.15) is 0 Å². The van der Waals surface area contributed by atoms with Crippen LogP contribution in [0.1, 0.15) is 67.8 Å². The van der Waals surface area contributed by atoms with Gasteiger partial charge in [0, 0.05) is 33.7 Å². The summed E-state index contributed by atoms with van der Waals surface area (Å²) in [6.45, 7) is 9.10. The molecule has 276 valence electrons. The Morgan fingerprint density at radius 1 is 0.446 bits per heavy atom. The number of benzene rings is 4. The Kier molecular flexibility index (Phi) is 8.02. The minimum absolute atomic E-state index is 0.139. The molecule has 0 saturated heterocycles. The summed E-state index contributed by atoms with van der Waals surface area (Å²) >= 11 is 0. The highest BCUT2D eigenvalue weighted by Gasteiger charge is 2.51. The molecule has 3 aliphatic heterocycles. The molecule has 9 rings (SSSR count). The number of H-pyrrole nitrogens is 1. The van der Waals surface area contributed by atoms with Crippen LogP contribution in [-0.4, -0.2) is 36.8 Å². The lowest BCUT2D eigenvalue weighted by Crippen LogP contribution is -2.30. The number of fused-ring (bicyclic) bond motifs is 6. The lowest BCUT2D eigenvalue weighted by Gasteiger charge is -2.38. The van der Waals surface area contributed by atoms with E-state index in [0.717, 1.165) is 78.5 Å². The summed E-state index contributed by atoms with van der Waals surface area (Å²) in [4.78, 5) is 14.5. The van der Waals surface area contributed by atoms with Crippen LogP contribution in [0, 0.1) is 10.8 Å². The highest BCUT2D eigenvalue weighted by atomic mass is 16.3. The number of allylic oxidation sites excluding steroid dienone is 8. The van der Waals surface area contributed by atoms with Gasteiger partial charge >= 0.3 is 0 Å². The molecule has 7 nitrogen and oxygen atoms in total. The van der Waals surface area contributed by atoms with E-state index >= 15 is 0 Å². The Morgan fingerprint density at radius 2 is 0.786 bits per heavy atom. The number of phenolic OH excluding ortho intramolecular Hbond substituents is 4. The number of nitrogens with zero attached hydrogens (tertiary/aromatic N) is 2. The predicted octanol–water partition coefficient (Wildman–Crippen LogP) is 10.8. The zero-order valence-corrected chi connectivity index (χ0v) is 31.6. The number of aromatic amines is 1. The van der Waals surface area contributed by atoms with E-state index < -0.39 is 10.8 Å². The van der Waals surface area contributed by atoms with E-state index in [1.165, 1.54) is 0 Å². The Bertz CT molecular complexity index is 2570. The number of hydrogen-bond acceptors (Lipinski definition) is 6. The van der Waals surface area contributed by atoms with Crippen molar-refractivity contribution in [3.8, 4) is 23.0 Å². The summed E-state index contributed by atoms with van der Waals surface area (Å²) in [7, 11) is 0. The third kappa shape index (κ3) is 5.66. The standard InChI is InChI=1S/C49H41N3O4/c1-48(2)36-27-37(49(48,3)4)45(29-10-6-14-33(54)24-29)39-18-20-41(51-39)47(31-12-8-16-35(56)26-31)43-22-21-42(52-43)46(30-11-7-15-34(55)25-30)40-19-17-38(50-40)44(36)28-9-5-13-32(53)23-28/h5-26,52-56H,27H2,1-4H3/b44-36+,45-37?,46-40-,47-41-. The van der Waals surface area contributed by atoms with Crippen LogP contribution in [0.3, 0.4) is 0 Å². The molecule has 1 saturated carbocycles. The SMILES string of the molecule is CC1(C)C2=C(c3cccc(O)c3)C3=N/C(=C(/c4cccc(O)c4)c4ccc([nH]4)/C(c4cccc(O)c4)=C4/C=CC(=N4)/C(c4cccc(O)c4)=C(\C2)C1(C)C)C=C3. The highest BCUT2D eigenvalue weighted by molar-refractivity contribution is 6.34. The van der Waals surface area contributed by atoms with Crippen molar-refractivity contribution < 1.29 is 20.4 Å². The Balaban J connectivity index is 1.44. The first-order chi connectivity index (χ1) is 26.9. The molecule has 4 aromatic carbocycles. The maximum absolute atomic E-state index is 10.8. The maximum atomic E-state index is 10.8. The van der Waals surface area contributed by atoms with Crippen LogP contribution >= 0.6 is 0 Å². The Hall–Kier alpha value is -6.86. The molecule has 8 bridgehead atoms. The molecule has 1 aromatic heterocycles. The molecule has 5 aromatic rings. The van der Waals surface area contributed by atoms with Crippen molar-refractivity contribution in [1.29, 1.82) is 0 Å². The van der Waals surface area contributed by atoms with Gasteiger partial charge in [0.05, 0.1) is 22.8 Å². The molecule has 1 fully saturated rings.